The van der Waals surface area contributed by atoms with Gasteiger partial charge in [-0.2, -0.15) is 0 Å². The Bertz CT molecular complexity index is 501. The molecule has 1 rings (SSSR count). The number of hydrogen-bond acceptors (Lipinski definition) is 3. The van der Waals surface area contributed by atoms with Crippen LogP contribution in [0.25, 0.3) is 6.08 Å². The van der Waals surface area contributed by atoms with Gasteiger partial charge < -0.3 is 14.9 Å². The van der Waals surface area contributed by atoms with Gasteiger partial charge in [-0.3, -0.25) is 0 Å². The van der Waals surface area contributed by atoms with Crippen LogP contribution in [0.5, 0.6) is 0 Å². The second kappa shape index (κ2) is 8.70. The van der Waals surface area contributed by atoms with Crippen LogP contribution in [-0.2, 0) is 4.79 Å². The molecule has 0 unspecified atom stereocenters. The summed E-state index contributed by atoms with van der Waals surface area (Å²) in [6.45, 7) is 4.78. The van der Waals surface area contributed by atoms with E-state index in [1.54, 1.807) is 6.08 Å². The van der Waals surface area contributed by atoms with Crippen LogP contribution < -0.4 is 4.90 Å². The van der Waals surface area contributed by atoms with Crippen molar-refractivity contribution in [2.24, 2.45) is 0 Å². The summed E-state index contributed by atoms with van der Waals surface area (Å²) in [5.74, 6) is -0.961. The van der Waals surface area contributed by atoms with E-state index in [0.29, 0.717) is 5.02 Å². The highest BCUT2D eigenvalue weighted by atomic mass is 35.5. The fraction of sp³-hybridized carbons (Fsp3) is 0.438. The first-order valence-corrected chi connectivity index (χ1v) is 7.42. The van der Waals surface area contributed by atoms with E-state index in [4.69, 9.17) is 16.7 Å². The van der Waals surface area contributed by atoms with Gasteiger partial charge in [-0.25, -0.2) is 4.79 Å². The molecule has 0 saturated carbocycles. The van der Waals surface area contributed by atoms with Crippen LogP contribution >= 0.6 is 11.6 Å². The zero-order valence-electron chi connectivity index (χ0n) is 12.8. The van der Waals surface area contributed by atoms with E-state index in [2.05, 4.69) is 16.7 Å². The fourth-order valence-electron chi connectivity index (χ4n) is 2.17. The number of halogens is 1. The summed E-state index contributed by atoms with van der Waals surface area (Å²) < 4.78 is 0. The minimum absolute atomic E-state index is 0.647. The van der Waals surface area contributed by atoms with Crippen molar-refractivity contribution >= 4 is 29.3 Å². The maximum atomic E-state index is 10.7. The summed E-state index contributed by atoms with van der Waals surface area (Å²) in [6.07, 6.45) is 3.76. The van der Waals surface area contributed by atoms with Crippen LogP contribution in [0.2, 0.25) is 5.02 Å². The number of rotatable bonds is 8. The summed E-state index contributed by atoms with van der Waals surface area (Å²) in [7, 11) is 4.10. The lowest BCUT2D eigenvalue weighted by Gasteiger charge is -2.26. The van der Waals surface area contributed by atoms with Crippen molar-refractivity contribution in [3.8, 4) is 0 Å². The van der Waals surface area contributed by atoms with Gasteiger partial charge in [0.15, 0.2) is 0 Å². The highest BCUT2D eigenvalue weighted by Gasteiger charge is 2.12. The van der Waals surface area contributed by atoms with Gasteiger partial charge in [0, 0.05) is 19.2 Å². The smallest absolute Gasteiger partial charge is 0.328 e. The average molecular weight is 311 g/mol. The third-order valence-electron chi connectivity index (χ3n) is 3.15. The molecule has 0 saturated heterocycles. The highest BCUT2D eigenvalue weighted by molar-refractivity contribution is 6.33. The molecule has 116 valence electrons. The maximum Gasteiger partial charge on any atom is 0.328 e. The predicted molar refractivity (Wildman–Crippen MR) is 89.2 cm³/mol. The Hall–Kier alpha value is -1.52. The van der Waals surface area contributed by atoms with Crippen molar-refractivity contribution in [2.75, 3.05) is 38.6 Å². The SMILES string of the molecule is CCN(CCCN(C)C)c1c(Cl)cccc1/C=C/C(=O)O. The van der Waals surface area contributed by atoms with Crippen molar-refractivity contribution in [1.82, 2.24) is 4.90 Å². The Labute approximate surface area is 131 Å². The summed E-state index contributed by atoms with van der Waals surface area (Å²) in [4.78, 5) is 15.0. The number of hydrogen-bond donors (Lipinski definition) is 1. The second-order valence-electron chi connectivity index (χ2n) is 5.09. The van der Waals surface area contributed by atoms with Gasteiger partial charge in [0.1, 0.15) is 0 Å². The number of carboxylic acid groups (broad SMARTS) is 1. The molecule has 1 aromatic rings. The average Bonchev–Trinajstić information content (AvgIpc) is 2.42. The standard InChI is InChI=1S/C16H23ClN2O2/c1-4-19(12-6-11-18(2)3)16-13(9-10-15(20)21)7-5-8-14(16)17/h5,7-10H,4,6,11-12H2,1-3H3,(H,20,21)/b10-9+. The van der Waals surface area contributed by atoms with Crippen LogP contribution in [0.1, 0.15) is 18.9 Å². The lowest BCUT2D eigenvalue weighted by atomic mass is 10.1. The quantitative estimate of drug-likeness (QED) is 0.749. The molecule has 0 amide bonds. The third kappa shape index (κ3) is 5.78. The number of benzene rings is 1. The van der Waals surface area contributed by atoms with Gasteiger partial charge in [-0.15, -0.1) is 0 Å². The Balaban J connectivity index is 2.98. The van der Waals surface area contributed by atoms with Crippen LogP contribution in [0.15, 0.2) is 24.3 Å². The van der Waals surface area contributed by atoms with Crippen molar-refractivity contribution in [1.29, 1.82) is 0 Å². The molecule has 0 radical (unpaired) electrons. The van der Waals surface area contributed by atoms with Crippen LogP contribution in [0.4, 0.5) is 5.69 Å². The first kappa shape index (κ1) is 17.5. The van der Waals surface area contributed by atoms with E-state index in [0.717, 1.165) is 43.4 Å². The Morgan fingerprint density at radius 1 is 1.33 bits per heavy atom. The third-order valence-corrected chi connectivity index (χ3v) is 3.46. The van der Waals surface area contributed by atoms with Gasteiger partial charge >= 0.3 is 5.97 Å². The first-order valence-electron chi connectivity index (χ1n) is 7.05. The maximum absolute atomic E-state index is 10.7. The molecule has 0 aromatic heterocycles. The van der Waals surface area contributed by atoms with E-state index in [9.17, 15) is 4.79 Å². The van der Waals surface area contributed by atoms with Crippen molar-refractivity contribution in [3.63, 3.8) is 0 Å². The van der Waals surface area contributed by atoms with Gasteiger partial charge in [0.05, 0.1) is 10.7 Å². The van der Waals surface area contributed by atoms with Crippen LogP contribution in [0, 0.1) is 0 Å². The molecule has 0 aliphatic rings. The molecule has 0 atom stereocenters. The molecule has 0 aliphatic carbocycles. The number of anilines is 1. The van der Waals surface area contributed by atoms with Crippen molar-refractivity contribution < 1.29 is 9.90 Å². The summed E-state index contributed by atoms with van der Waals surface area (Å²) >= 11 is 6.33. The van der Waals surface area contributed by atoms with E-state index in [-0.39, 0.29) is 0 Å². The molecule has 0 fully saturated rings. The van der Waals surface area contributed by atoms with E-state index >= 15 is 0 Å². The summed E-state index contributed by atoms with van der Waals surface area (Å²) in [5.41, 5.74) is 1.73. The molecule has 21 heavy (non-hydrogen) atoms. The fourth-order valence-corrected chi connectivity index (χ4v) is 2.47. The molecule has 0 heterocycles. The highest BCUT2D eigenvalue weighted by Crippen LogP contribution is 2.31. The monoisotopic (exact) mass is 310 g/mol. The lowest BCUT2D eigenvalue weighted by Crippen LogP contribution is -2.27. The molecular weight excluding hydrogens is 288 g/mol. The number of carbonyl (C=O) groups is 1. The van der Waals surface area contributed by atoms with Gasteiger partial charge in [0.2, 0.25) is 0 Å². The van der Waals surface area contributed by atoms with Gasteiger partial charge in [0.25, 0.3) is 0 Å². The Morgan fingerprint density at radius 3 is 2.62 bits per heavy atom. The molecule has 0 spiro atoms. The Morgan fingerprint density at radius 2 is 2.05 bits per heavy atom. The molecule has 0 bridgehead atoms. The summed E-state index contributed by atoms with van der Waals surface area (Å²) in [6, 6.07) is 5.56. The van der Waals surface area contributed by atoms with Gasteiger partial charge in [-0.05, 0) is 51.7 Å². The predicted octanol–water partition coefficient (Wildman–Crippen LogP) is 3.22. The molecule has 1 aromatic carbocycles. The molecule has 4 nitrogen and oxygen atoms in total. The molecule has 1 N–H and O–H groups in total. The minimum atomic E-state index is -0.961. The molecular formula is C16H23ClN2O2. The lowest BCUT2D eigenvalue weighted by molar-refractivity contribution is -0.131. The number of nitrogens with zero attached hydrogens (tertiary/aromatic N) is 2. The summed E-state index contributed by atoms with van der Waals surface area (Å²) in [5, 5.41) is 9.44. The molecule has 0 aliphatic heterocycles. The van der Waals surface area contributed by atoms with Crippen LogP contribution in [0.3, 0.4) is 0 Å². The van der Waals surface area contributed by atoms with Gasteiger partial charge in [-0.1, -0.05) is 23.7 Å². The van der Waals surface area contributed by atoms with E-state index in [1.807, 2.05) is 32.3 Å². The van der Waals surface area contributed by atoms with Crippen LogP contribution in [-0.4, -0.2) is 49.7 Å². The van der Waals surface area contributed by atoms with E-state index in [1.165, 1.54) is 0 Å². The largest absolute Gasteiger partial charge is 0.478 e. The Kier molecular flexibility index (Phi) is 7.26. The second-order valence-corrected chi connectivity index (χ2v) is 5.49. The zero-order valence-corrected chi connectivity index (χ0v) is 13.6. The zero-order chi connectivity index (χ0) is 15.8. The van der Waals surface area contributed by atoms with Crippen molar-refractivity contribution in [3.05, 3.63) is 34.9 Å². The first-order chi connectivity index (χ1) is 9.95. The van der Waals surface area contributed by atoms with E-state index < -0.39 is 5.97 Å². The number of para-hydroxylation sites is 1. The number of carboxylic acids is 1. The topological polar surface area (TPSA) is 43.8 Å². The normalized spacial score (nSPS) is 11.3. The van der Waals surface area contributed by atoms with Crippen molar-refractivity contribution in [2.45, 2.75) is 13.3 Å². The minimum Gasteiger partial charge on any atom is -0.478 e. The molecule has 5 heteroatoms. The number of aliphatic carboxylic acids is 1.